The second-order valence-electron chi connectivity index (χ2n) is 7.14. The van der Waals surface area contributed by atoms with Gasteiger partial charge in [-0.15, -0.1) is 0 Å². The van der Waals surface area contributed by atoms with Crippen molar-refractivity contribution in [2.75, 3.05) is 19.6 Å². The average molecular weight is 341 g/mol. The molecule has 0 saturated carbocycles. The highest BCUT2D eigenvalue weighted by Crippen LogP contribution is 2.19. The molecule has 1 fully saturated rings. The minimum absolute atomic E-state index is 0.0503. The molecule has 7 nitrogen and oxygen atoms in total. The van der Waals surface area contributed by atoms with Crippen LogP contribution in [0.3, 0.4) is 0 Å². The first-order valence-corrected chi connectivity index (χ1v) is 8.81. The summed E-state index contributed by atoms with van der Waals surface area (Å²) in [4.78, 5) is 36.5. The third-order valence-electron chi connectivity index (χ3n) is 4.14. The number of carbonyl (C=O) groups excluding carboxylic acids is 2. The minimum Gasteiger partial charge on any atom is -0.481 e. The second-order valence-corrected chi connectivity index (χ2v) is 7.14. The van der Waals surface area contributed by atoms with E-state index in [1.807, 2.05) is 6.92 Å². The molecule has 1 saturated heterocycles. The summed E-state index contributed by atoms with van der Waals surface area (Å²) in [7, 11) is 0. The van der Waals surface area contributed by atoms with Gasteiger partial charge in [0.2, 0.25) is 5.91 Å². The quantitative estimate of drug-likeness (QED) is 0.627. The first-order valence-electron chi connectivity index (χ1n) is 8.81. The third-order valence-corrected chi connectivity index (χ3v) is 4.14. The van der Waals surface area contributed by atoms with Crippen molar-refractivity contribution in [3.63, 3.8) is 0 Å². The van der Waals surface area contributed by atoms with E-state index in [0.717, 1.165) is 19.4 Å². The fourth-order valence-electron chi connectivity index (χ4n) is 2.83. The van der Waals surface area contributed by atoms with E-state index in [1.54, 1.807) is 4.90 Å². The summed E-state index contributed by atoms with van der Waals surface area (Å²) in [6.45, 7) is 7.90. The molecule has 138 valence electrons. The Bertz CT molecular complexity index is 440. The van der Waals surface area contributed by atoms with Gasteiger partial charge < -0.3 is 20.6 Å². The molecular weight excluding hydrogens is 310 g/mol. The summed E-state index contributed by atoms with van der Waals surface area (Å²) >= 11 is 0. The minimum atomic E-state index is -0.855. The number of piperidine rings is 1. The topological polar surface area (TPSA) is 98.7 Å². The number of nitrogens with one attached hydrogen (secondary N) is 2. The van der Waals surface area contributed by atoms with Crippen LogP contribution in [-0.2, 0) is 9.59 Å². The monoisotopic (exact) mass is 341 g/mol. The number of hydrogen-bond donors (Lipinski definition) is 3. The molecule has 24 heavy (non-hydrogen) atoms. The van der Waals surface area contributed by atoms with Crippen LogP contribution in [0.4, 0.5) is 4.79 Å². The van der Waals surface area contributed by atoms with E-state index in [-0.39, 0.29) is 30.3 Å². The summed E-state index contributed by atoms with van der Waals surface area (Å²) in [6.07, 6.45) is 2.70. The Morgan fingerprint density at radius 2 is 1.96 bits per heavy atom. The van der Waals surface area contributed by atoms with Crippen LogP contribution in [0.15, 0.2) is 0 Å². The van der Waals surface area contributed by atoms with E-state index < -0.39 is 5.97 Å². The van der Waals surface area contributed by atoms with Gasteiger partial charge in [-0.05, 0) is 38.0 Å². The standard InChI is InChI=1S/C17H31N3O4/c1-12(2)10-18-17(24)20-8-4-5-14(11-20)9-15(21)19-13(3)6-7-16(22)23/h12-14H,4-11H2,1-3H3,(H,18,24)(H,19,21)(H,22,23). The Hall–Kier alpha value is -1.79. The maximum Gasteiger partial charge on any atom is 0.317 e. The number of likely N-dealkylation sites (tertiary alicyclic amines) is 1. The number of rotatable bonds is 8. The molecular formula is C17H31N3O4. The molecule has 2 atom stereocenters. The zero-order chi connectivity index (χ0) is 18.1. The Labute approximate surface area is 144 Å². The lowest BCUT2D eigenvalue weighted by molar-refractivity contribution is -0.137. The van der Waals surface area contributed by atoms with Gasteiger partial charge in [-0.25, -0.2) is 4.79 Å². The number of nitrogens with zero attached hydrogens (tertiary/aromatic N) is 1. The van der Waals surface area contributed by atoms with Gasteiger partial charge in [-0.3, -0.25) is 9.59 Å². The van der Waals surface area contributed by atoms with Crippen LogP contribution < -0.4 is 10.6 Å². The van der Waals surface area contributed by atoms with Crippen LogP contribution in [0.2, 0.25) is 0 Å². The van der Waals surface area contributed by atoms with E-state index >= 15 is 0 Å². The number of aliphatic carboxylic acids is 1. The normalized spacial score (nSPS) is 19.0. The zero-order valence-electron chi connectivity index (χ0n) is 15.0. The lowest BCUT2D eigenvalue weighted by Crippen LogP contribution is -2.47. The second kappa shape index (κ2) is 10.2. The summed E-state index contributed by atoms with van der Waals surface area (Å²) in [5.41, 5.74) is 0. The van der Waals surface area contributed by atoms with Crippen molar-refractivity contribution >= 4 is 17.9 Å². The highest BCUT2D eigenvalue weighted by atomic mass is 16.4. The van der Waals surface area contributed by atoms with Crippen LogP contribution in [-0.4, -0.2) is 53.6 Å². The molecule has 1 heterocycles. The number of carboxylic acid groups (broad SMARTS) is 1. The Morgan fingerprint density at radius 3 is 2.58 bits per heavy atom. The lowest BCUT2D eigenvalue weighted by Gasteiger charge is -2.33. The molecule has 1 aliphatic rings. The Morgan fingerprint density at radius 1 is 1.25 bits per heavy atom. The molecule has 1 rings (SSSR count). The fourth-order valence-corrected chi connectivity index (χ4v) is 2.83. The van der Waals surface area contributed by atoms with Crippen molar-refractivity contribution in [2.24, 2.45) is 11.8 Å². The third kappa shape index (κ3) is 8.17. The van der Waals surface area contributed by atoms with E-state index in [0.29, 0.717) is 31.8 Å². The predicted octanol–water partition coefficient (Wildman–Crippen LogP) is 1.82. The van der Waals surface area contributed by atoms with E-state index in [9.17, 15) is 14.4 Å². The summed E-state index contributed by atoms with van der Waals surface area (Å²) in [5.74, 6) is -0.350. The van der Waals surface area contributed by atoms with Gasteiger partial charge in [-0.1, -0.05) is 13.8 Å². The maximum atomic E-state index is 12.1. The molecule has 0 bridgehead atoms. The molecule has 0 spiro atoms. The largest absolute Gasteiger partial charge is 0.481 e. The maximum absolute atomic E-state index is 12.1. The lowest BCUT2D eigenvalue weighted by atomic mass is 9.94. The number of urea groups is 1. The van der Waals surface area contributed by atoms with Crippen LogP contribution in [0.5, 0.6) is 0 Å². The van der Waals surface area contributed by atoms with Crippen LogP contribution in [0, 0.1) is 11.8 Å². The SMILES string of the molecule is CC(C)CNC(=O)N1CCCC(CC(=O)NC(C)CCC(=O)O)C1. The summed E-state index contributed by atoms with van der Waals surface area (Å²) in [5, 5.41) is 14.4. The van der Waals surface area contributed by atoms with Gasteiger partial charge in [0.1, 0.15) is 0 Å². The van der Waals surface area contributed by atoms with Crippen LogP contribution in [0.25, 0.3) is 0 Å². The van der Waals surface area contributed by atoms with Crippen LogP contribution in [0.1, 0.15) is 52.9 Å². The zero-order valence-corrected chi connectivity index (χ0v) is 15.0. The fraction of sp³-hybridized carbons (Fsp3) is 0.824. The highest BCUT2D eigenvalue weighted by Gasteiger charge is 2.25. The van der Waals surface area contributed by atoms with Gasteiger partial charge >= 0.3 is 12.0 Å². The van der Waals surface area contributed by atoms with Crippen molar-refractivity contribution in [2.45, 2.75) is 58.9 Å². The van der Waals surface area contributed by atoms with Gasteiger partial charge in [0, 0.05) is 38.5 Å². The van der Waals surface area contributed by atoms with E-state index in [2.05, 4.69) is 24.5 Å². The van der Waals surface area contributed by atoms with E-state index in [4.69, 9.17) is 5.11 Å². The number of amides is 3. The summed E-state index contributed by atoms with van der Waals surface area (Å²) in [6, 6.07) is -0.203. The molecule has 0 aromatic carbocycles. The molecule has 0 aromatic heterocycles. The van der Waals surface area contributed by atoms with Crippen molar-refractivity contribution in [3.8, 4) is 0 Å². The number of hydrogen-bond acceptors (Lipinski definition) is 3. The smallest absolute Gasteiger partial charge is 0.317 e. The number of carbonyl (C=O) groups is 3. The van der Waals surface area contributed by atoms with Gasteiger partial charge in [-0.2, -0.15) is 0 Å². The van der Waals surface area contributed by atoms with Gasteiger partial charge in [0.25, 0.3) is 0 Å². The van der Waals surface area contributed by atoms with E-state index in [1.165, 1.54) is 0 Å². The highest BCUT2D eigenvalue weighted by molar-refractivity contribution is 5.77. The van der Waals surface area contributed by atoms with Gasteiger partial charge in [0.15, 0.2) is 0 Å². The molecule has 0 aromatic rings. The Kier molecular flexibility index (Phi) is 8.57. The van der Waals surface area contributed by atoms with Crippen LogP contribution >= 0.6 is 0 Å². The average Bonchev–Trinajstić information content (AvgIpc) is 2.50. The summed E-state index contributed by atoms with van der Waals surface area (Å²) < 4.78 is 0. The molecule has 3 amide bonds. The molecule has 2 unspecified atom stereocenters. The molecule has 0 aliphatic carbocycles. The molecule has 0 radical (unpaired) electrons. The number of carboxylic acids is 1. The molecule has 7 heteroatoms. The van der Waals surface area contributed by atoms with Crippen molar-refractivity contribution in [1.29, 1.82) is 0 Å². The first-order chi connectivity index (χ1) is 11.3. The van der Waals surface area contributed by atoms with Crippen molar-refractivity contribution in [1.82, 2.24) is 15.5 Å². The van der Waals surface area contributed by atoms with Gasteiger partial charge in [0.05, 0.1) is 0 Å². The van der Waals surface area contributed by atoms with Crippen molar-refractivity contribution in [3.05, 3.63) is 0 Å². The Balaban J connectivity index is 2.35. The molecule has 1 aliphatic heterocycles. The predicted molar refractivity (Wildman–Crippen MR) is 91.6 cm³/mol. The molecule has 3 N–H and O–H groups in total. The van der Waals surface area contributed by atoms with Crippen molar-refractivity contribution < 1.29 is 19.5 Å². The first kappa shape index (κ1) is 20.3.